The first-order valence-corrected chi connectivity index (χ1v) is 6.89. The number of amides is 1. The van der Waals surface area contributed by atoms with E-state index in [0.29, 0.717) is 37.3 Å². The molecule has 1 aliphatic rings. The van der Waals surface area contributed by atoms with Crippen LogP contribution in [0.5, 0.6) is 0 Å². The molecule has 0 radical (unpaired) electrons. The normalized spacial score (nSPS) is 17.0. The third-order valence-corrected chi connectivity index (χ3v) is 3.70. The van der Waals surface area contributed by atoms with Crippen LogP contribution in [0.4, 0.5) is 13.2 Å². The van der Waals surface area contributed by atoms with Crippen molar-refractivity contribution in [2.45, 2.75) is 38.9 Å². The maximum atomic E-state index is 12.8. The van der Waals surface area contributed by atoms with Crippen LogP contribution in [0.3, 0.4) is 0 Å². The summed E-state index contributed by atoms with van der Waals surface area (Å²) in [5.41, 5.74) is 1.18. The van der Waals surface area contributed by atoms with Crippen LogP contribution >= 0.6 is 0 Å². The maximum Gasteiger partial charge on any atom is 0.406 e. The number of carbonyl (C=O) groups is 1. The van der Waals surface area contributed by atoms with E-state index in [1.54, 1.807) is 13.8 Å². The zero-order valence-corrected chi connectivity index (χ0v) is 12.0. The number of rotatable bonds is 3. The molecular formula is C13H19F3N4O. The van der Waals surface area contributed by atoms with E-state index in [9.17, 15) is 18.0 Å². The van der Waals surface area contributed by atoms with E-state index in [-0.39, 0.29) is 5.56 Å². The minimum Gasteiger partial charge on any atom is -0.326 e. The van der Waals surface area contributed by atoms with Gasteiger partial charge in [0.25, 0.3) is 5.91 Å². The van der Waals surface area contributed by atoms with Crippen molar-refractivity contribution in [2.24, 2.45) is 0 Å². The first kappa shape index (κ1) is 15.8. The molecule has 1 aliphatic heterocycles. The molecule has 2 heterocycles. The largest absolute Gasteiger partial charge is 0.406 e. The lowest BCUT2D eigenvalue weighted by atomic mass is 10.0. The number of nitrogens with one attached hydrogen (secondary N) is 2. The van der Waals surface area contributed by atoms with Crippen molar-refractivity contribution < 1.29 is 18.0 Å². The summed E-state index contributed by atoms with van der Waals surface area (Å²) in [7, 11) is 0. The minimum absolute atomic E-state index is 0.248. The monoisotopic (exact) mass is 304 g/mol. The SMILES string of the molecule is Cc1n[nH]c(C)c1C(=O)N(CC(F)(F)F)C1CCNCC1. The van der Waals surface area contributed by atoms with Gasteiger partial charge < -0.3 is 10.2 Å². The summed E-state index contributed by atoms with van der Waals surface area (Å²) in [4.78, 5) is 13.5. The van der Waals surface area contributed by atoms with E-state index >= 15 is 0 Å². The summed E-state index contributed by atoms with van der Waals surface area (Å²) in [5.74, 6) is -0.594. The lowest BCUT2D eigenvalue weighted by Gasteiger charge is -2.35. The third-order valence-electron chi connectivity index (χ3n) is 3.70. The minimum atomic E-state index is -4.41. The molecule has 0 bridgehead atoms. The van der Waals surface area contributed by atoms with Gasteiger partial charge in [-0.15, -0.1) is 0 Å². The van der Waals surface area contributed by atoms with Crippen molar-refractivity contribution in [3.63, 3.8) is 0 Å². The molecule has 1 aromatic heterocycles. The van der Waals surface area contributed by atoms with Gasteiger partial charge in [-0.05, 0) is 39.8 Å². The molecule has 0 atom stereocenters. The fourth-order valence-corrected chi connectivity index (χ4v) is 2.69. The number of nitrogens with zero attached hydrogens (tertiary/aromatic N) is 2. The molecule has 5 nitrogen and oxygen atoms in total. The average Bonchev–Trinajstić information content (AvgIpc) is 2.75. The van der Waals surface area contributed by atoms with Crippen LogP contribution in [0.2, 0.25) is 0 Å². The molecule has 118 valence electrons. The van der Waals surface area contributed by atoms with Crippen LogP contribution in [-0.4, -0.2) is 52.9 Å². The number of hydrogen-bond donors (Lipinski definition) is 2. The standard InChI is InChI=1S/C13H19F3N4O/c1-8-11(9(2)19-18-8)12(21)20(7-13(14,15)16)10-3-5-17-6-4-10/h10,17H,3-7H2,1-2H3,(H,18,19). The highest BCUT2D eigenvalue weighted by atomic mass is 19.4. The Bertz CT molecular complexity index is 487. The molecule has 1 fully saturated rings. The molecule has 0 saturated carbocycles. The predicted octanol–water partition coefficient (Wildman–Crippen LogP) is 1.78. The van der Waals surface area contributed by atoms with Gasteiger partial charge >= 0.3 is 6.18 Å². The van der Waals surface area contributed by atoms with Crippen molar-refractivity contribution in [3.05, 3.63) is 17.0 Å². The van der Waals surface area contributed by atoms with Crippen LogP contribution in [0.25, 0.3) is 0 Å². The van der Waals surface area contributed by atoms with Gasteiger partial charge in [-0.1, -0.05) is 0 Å². The van der Waals surface area contributed by atoms with Crippen molar-refractivity contribution in [1.29, 1.82) is 0 Å². The van der Waals surface area contributed by atoms with Crippen molar-refractivity contribution in [1.82, 2.24) is 20.4 Å². The Morgan fingerprint density at radius 2 is 1.95 bits per heavy atom. The molecule has 0 aromatic carbocycles. The van der Waals surface area contributed by atoms with Crippen molar-refractivity contribution in [3.8, 4) is 0 Å². The molecule has 8 heteroatoms. The Morgan fingerprint density at radius 1 is 1.33 bits per heavy atom. The van der Waals surface area contributed by atoms with Crippen LogP contribution in [0, 0.1) is 13.8 Å². The molecule has 1 amide bonds. The highest BCUT2D eigenvalue weighted by Gasteiger charge is 2.38. The van der Waals surface area contributed by atoms with E-state index < -0.39 is 24.7 Å². The quantitative estimate of drug-likeness (QED) is 0.895. The van der Waals surface area contributed by atoms with Crippen LogP contribution in [-0.2, 0) is 0 Å². The van der Waals surface area contributed by atoms with Gasteiger partial charge in [0, 0.05) is 11.7 Å². The topological polar surface area (TPSA) is 61.0 Å². The average molecular weight is 304 g/mol. The second-order valence-corrected chi connectivity index (χ2v) is 5.34. The Kier molecular flexibility index (Phi) is 4.55. The third kappa shape index (κ3) is 3.75. The maximum absolute atomic E-state index is 12.8. The number of carbonyl (C=O) groups excluding carboxylic acids is 1. The lowest BCUT2D eigenvalue weighted by molar-refractivity contribution is -0.145. The second kappa shape index (κ2) is 6.05. The Labute approximate surface area is 120 Å². The van der Waals surface area contributed by atoms with Gasteiger partial charge in [0.05, 0.1) is 11.3 Å². The van der Waals surface area contributed by atoms with Gasteiger partial charge in [-0.3, -0.25) is 9.89 Å². The summed E-state index contributed by atoms with van der Waals surface area (Å²) < 4.78 is 38.5. The molecule has 21 heavy (non-hydrogen) atoms. The van der Waals surface area contributed by atoms with Gasteiger partial charge in [0.15, 0.2) is 0 Å². The fourth-order valence-electron chi connectivity index (χ4n) is 2.69. The smallest absolute Gasteiger partial charge is 0.326 e. The van der Waals surface area contributed by atoms with Gasteiger partial charge in [0.2, 0.25) is 0 Å². The zero-order valence-electron chi connectivity index (χ0n) is 12.0. The number of halogens is 3. The number of piperidine rings is 1. The Balaban J connectivity index is 2.27. The predicted molar refractivity (Wildman–Crippen MR) is 71.0 cm³/mol. The molecular weight excluding hydrogens is 285 g/mol. The van der Waals surface area contributed by atoms with Crippen LogP contribution in [0.15, 0.2) is 0 Å². The molecule has 0 unspecified atom stereocenters. The molecule has 1 aromatic rings. The molecule has 0 spiro atoms. The molecule has 2 N–H and O–H groups in total. The van der Waals surface area contributed by atoms with Gasteiger partial charge in [-0.25, -0.2) is 0 Å². The van der Waals surface area contributed by atoms with Crippen molar-refractivity contribution >= 4 is 5.91 Å². The number of aryl methyl sites for hydroxylation is 2. The summed E-state index contributed by atoms with van der Waals surface area (Å²) in [6, 6.07) is -0.394. The summed E-state index contributed by atoms with van der Waals surface area (Å²) in [5, 5.41) is 9.63. The van der Waals surface area contributed by atoms with Crippen molar-refractivity contribution in [2.75, 3.05) is 19.6 Å². The highest BCUT2D eigenvalue weighted by molar-refractivity contribution is 5.96. The number of aromatic amines is 1. The Hall–Kier alpha value is -1.57. The number of alkyl halides is 3. The number of hydrogen-bond acceptors (Lipinski definition) is 3. The van der Waals surface area contributed by atoms with E-state index in [1.165, 1.54) is 0 Å². The summed E-state index contributed by atoms with van der Waals surface area (Å²) in [6.45, 7) is 3.28. The second-order valence-electron chi connectivity index (χ2n) is 5.34. The van der Waals surface area contributed by atoms with Crippen LogP contribution in [0.1, 0.15) is 34.6 Å². The number of H-pyrrole nitrogens is 1. The van der Waals surface area contributed by atoms with E-state index in [2.05, 4.69) is 15.5 Å². The fraction of sp³-hybridized carbons (Fsp3) is 0.692. The first-order chi connectivity index (χ1) is 9.79. The Morgan fingerprint density at radius 3 is 2.43 bits per heavy atom. The molecule has 1 saturated heterocycles. The lowest BCUT2D eigenvalue weighted by Crippen LogP contribution is -2.49. The van der Waals surface area contributed by atoms with Gasteiger partial charge in [-0.2, -0.15) is 18.3 Å². The summed E-state index contributed by atoms with van der Waals surface area (Å²) >= 11 is 0. The molecule has 0 aliphatic carbocycles. The summed E-state index contributed by atoms with van der Waals surface area (Å²) in [6.07, 6.45) is -3.36. The van der Waals surface area contributed by atoms with E-state index in [1.807, 2.05) is 0 Å². The number of aromatic nitrogens is 2. The van der Waals surface area contributed by atoms with E-state index in [4.69, 9.17) is 0 Å². The van der Waals surface area contributed by atoms with E-state index in [0.717, 1.165) is 4.90 Å². The molecule has 2 rings (SSSR count). The van der Waals surface area contributed by atoms with Gasteiger partial charge in [0.1, 0.15) is 6.54 Å². The first-order valence-electron chi connectivity index (χ1n) is 6.89. The van der Waals surface area contributed by atoms with Crippen LogP contribution < -0.4 is 5.32 Å². The highest BCUT2D eigenvalue weighted by Crippen LogP contribution is 2.24. The zero-order chi connectivity index (χ0) is 15.6.